The number of benzene rings is 1. The summed E-state index contributed by atoms with van der Waals surface area (Å²) >= 11 is 5.44. The maximum absolute atomic E-state index is 14.8. The normalized spacial score (nSPS) is 27.2. The molecule has 0 aliphatic carbocycles. The molecule has 1 aromatic rings. The molecule has 4 rings (SSSR count). The van der Waals surface area contributed by atoms with Gasteiger partial charge >= 0.3 is 5.97 Å². The molecule has 2 amide bonds. The van der Waals surface area contributed by atoms with Gasteiger partial charge in [-0.2, -0.15) is 0 Å². The molecular weight excluding hydrogens is 630 g/mol. The standard InChI is InChI=1S/C33H46BrN3O5S/c1-5-9-21-42-32(41)26-27-30(39)37(19-12-10-11-13-20-38)29(33(27)22-25(34)28(26)43-33)31(40)36(18-6-2)24-16-14-23(15-17-24)35(7-3)8-4/h5-6,14-17,25-29,38H,1-2,7-13,18-22H2,3-4H3/t25?,26-,27+,28-,29?,33?/m1/s1. The number of likely N-dealkylation sites (tertiary alicyclic amines) is 1. The number of thioether (sulfide) groups is 1. The Labute approximate surface area is 269 Å². The number of esters is 1. The zero-order chi connectivity index (χ0) is 31.1. The SMILES string of the molecule is C=CCCOC(=O)[C@H]1[C@@H]2SC3(CC2Br)C(C(=O)N(CC=C)c2ccc(N(CC)CC)cc2)N(CCCCCCO)C(=O)[C@H]13. The van der Waals surface area contributed by atoms with Crippen LogP contribution in [0, 0.1) is 11.8 Å². The Morgan fingerprint density at radius 1 is 1.12 bits per heavy atom. The predicted molar refractivity (Wildman–Crippen MR) is 178 cm³/mol. The summed E-state index contributed by atoms with van der Waals surface area (Å²) in [5.41, 5.74) is 1.84. The molecule has 1 aromatic carbocycles. The predicted octanol–water partition coefficient (Wildman–Crippen LogP) is 5.19. The van der Waals surface area contributed by atoms with Gasteiger partial charge in [0.2, 0.25) is 5.91 Å². The number of halogens is 1. The Bertz CT molecular complexity index is 1160. The Morgan fingerprint density at radius 3 is 2.42 bits per heavy atom. The number of rotatable bonds is 17. The van der Waals surface area contributed by atoms with E-state index in [0.717, 1.165) is 43.7 Å². The van der Waals surface area contributed by atoms with Gasteiger partial charge in [-0.05, 0) is 63.8 Å². The van der Waals surface area contributed by atoms with Crippen LogP contribution in [0.4, 0.5) is 11.4 Å². The molecular formula is C33H46BrN3O5S. The van der Waals surface area contributed by atoms with Crippen LogP contribution in [0.15, 0.2) is 49.6 Å². The number of unbranched alkanes of at least 4 members (excludes halogenated alkanes) is 3. The fraction of sp³-hybridized carbons (Fsp3) is 0.606. The first-order valence-electron chi connectivity index (χ1n) is 15.6. The van der Waals surface area contributed by atoms with E-state index in [0.29, 0.717) is 32.4 Å². The molecule has 3 unspecified atom stereocenters. The van der Waals surface area contributed by atoms with E-state index in [-0.39, 0.29) is 41.1 Å². The Hall–Kier alpha value is -2.30. The second-order valence-corrected chi connectivity index (χ2v) is 14.2. The van der Waals surface area contributed by atoms with Gasteiger partial charge in [-0.3, -0.25) is 14.4 Å². The molecule has 6 atom stereocenters. The first kappa shape index (κ1) is 33.6. The fourth-order valence-corrected chi connectivity index (χ4v) is 10.6. The first-order valence-corrected chi connectivity index (χ1v) is 17.4. The van der Waals surface area contributed by atoms with Crippen LogP contribution >= 0.6 is 27.7 Å². The lowest BCUT2D eigenvalue weighted by Crippen LogP contribution is -2.55. The molecule has 3 aliphatic heterocycles. The number of anilines is 2. The van der Waals surface area contributed by atoms with Crippen molar-refractivity contribution in [3.05, 3.63) is 49.6 Å². The van der Waals surface area contributed by atoms with Crippen molar-refractivity contribution in [1.82, 2.24) is 4.90 Å². The number of fused-ring (bicyclic) bond motifs is 1. The maximum Gasteiger partial charge on any atom is 0.310 e. The molecule has 8 nitrogen and oxygen atoms in total. The molecule has 43 heavy (non-hydrogen) atoms. The van der Waals surface area contributed by atoms with Gasteiger partial charge in [-0.1, -0.05) is 40.9 Å². The third kappa shape index (κ3) is 6.57. The molecule has 10 heteroatoms. The summed E-state index contributed by atoms with van der Waals surface area (Å²) in [5.74, 6) is -1.87. The molecule has 2 bridgehead atoms. The van der Waals surface area contributed by atoms with Gasteiger partial charge in [0.25, 0.3) is 5.91 Å². The average Bonchev–Trinajstić information content (AvgIpc) is 3.60. The maximum atomic E-state index is 14.8. The molecule has 0 radical (unpaired) electrons. The Morgan fingerprint density at radius 2 is 1.79 bits per heavy atom. The van der Waals surface area contributed by atoms with Crippen molar-refractivity contribution in [1.29, 1.82) is 0 Å². The lowest BCUT2D eigenvalue weighted by atomic mass is 9.71. The van der Waals surface area contributed by atoms with Gasteiger partial charge < -0.3 is 24.5 Å². The van der Waals surface area contributed by atoms with Crippen molar-refractivity contribution in [3.8, 4) is 0 Å². The highest BCUT2D eigenvalue weighted by Gasteiger charge is 2.76. The summed E-state index contributed by atoms with van der Waals surface area (Å²) in [6.45, 7) is 14.7. The zero-order valence-corrected chi connectivity index (χ0v) is 27.9. The van der Waals surface area contributed by atoms with E-state index in [1.165, 1.54) is 0 Å². The second kappa shape index (κ2) is 15.1. The number of ether oxygens (including phenoxy) is 1. The van der Waals surface area contributed by atoms with E-state index in [4.69, 9.17) is 4.74 Å². The van der Waals surface area contributed by atoms with Gasteiger partial charge in [0.1, 0.15) is 6.04 Å². The van der Waals surface area contributed by atoms with Crippen molar-refractivity contribution >= 4 is 56.9 Å². The lowest BCUT2D eigenvalue weighted by Gasteiger charge is -2.38. The Kier molecular flexibility index (Phi) is 11.8. The topological polar surface area (TPSA) is 90.4 Å². The van der Waals surface area contributed by atoms with Crippen LogP contribution in [0.3, 0.4) is 0 Å². The summed E-state index contributed by atoms with van der Waals surface area (Å²) in [5, 5.41) is 9.07. The number of nitrogens with zero attached hydrogens (tertiary/aromatic N) is 3. The molecule has 1 spiro atoms. The summed E-state index contributed by atoms with van der Waals surface area (Å²) in [7, 11) is 0. The molecule has 3 fully saturated rings. The van der Waals surface area contributed by atoms with Crippen LogP contribution in [-0.4, -0.2) is 88.0 Å². The molecule has 1 N–H and O–H groups in total. The highest BCUT2D eigenvalue weighted by molar-refractivity contribution is 9.09. The number of carbonyl (C=O) groups is 3. The van der Waals surface area contributed by atoms with Crippen molar-refractivity contribution in [2.45, 2.75) is 73.2 Å². The summed E-state index contributed by atoms with van der Waals surface area (Å²) in [4.78, 5) is 48.2. The minimum atomic E-state index is -0.735. The number of carbonyl (C=O) groups excluding carboxylic acids is 3. The number of aliphatic hydroxyl groups is 1. The van der Waals surface area contributed by atoms with Gasteiger partial charge in [-0.15, -0.1) is 24.9 Å². The van der Waals surface area contributed by atoms with E-state index in [1.807, 2.05) is 24.3 Å². The lowest BCUT2D eigenvalue weighted by molar-refractivity contribution is -0.154. The largest absolute Gasteiger partial charge is 0.465 e. The molecule has 3 saturated heterocycles. The van der Waals surface area contributed by atoms with Crippen LogP contribution in [0.1, 0.15) is 52.4 Å². The quantitative estimate of drug-likeness (QED) is 0.105. The molecule has 0 aromatic heterocycles. The third-order valence-corrected chi connectivity index (χ3v) is 12.3. The summed E-state index contributed by atoms with van der Waals surface area (Å²) in [6, 6.07) is 7.28. The van der Waals surface area contributed by atoms with E-state index in [9.17, 15) is 19.5 Å². The number of hydrogen-bond acceptors (Lipinski definition) is 7. The van der Waals surface area contributed by atoms with Crippen LogP contribution in [0.25, 0.3) is 0 Å². The van der Waals surface area contributed by atoms with Gasteiger partial charge in [0.05, 0.1) is 23.2 Å². The average molecular weight is 677 g/mol. The fourth-order valence-electron chi connectivity index (χ4n) is 7.04. The molecule has 3 heterocycles. The monoisotopic (exact) mass is 675 g/mol. The van der Waals surface area contributed by atoms with Crippen LogP contribution < -0.4 is 9.80 Å². The van der Waals surface area contributed by atoms with Crippen molar-refractivity contribution in [2.75, 3.05) is 49.2 Å². The zero-order valence-electron chi connectivity index (χ0n) is 25.5. The smallest absolute Gasteiger partial charge is 0.310 e. The molecule has 0 saturated carbocycles. The molecule has 236 valence electrons. The van der Waals surface area contributed by atoms with E-state index in [2.05, 4.69) is 47.8 Å². The van der Waals surface area contributed by atoms with Crippen molar-refractivity contribution < 1.29 is 24.2 Å². The van der Waals surface area contributed by atoms with Gasteiger partial charge in [0.15, 0.2) is 0 Å². The highest BCUT2D eigenvalue weighted by Crippen LogP contribution is 2.68. The van der Waals surface area contributed by atoms with Crippen molar-refractivity contribution in [2.24, 2.45) is 11.8 Å². The van der Waals surface area contributed by atoms with Crippen LogP contribution in [-0.2, 0) is 19.1 Å². The van der Waals surface area contributed by atoms with E-state index in [1.54, 1.807) is 33.7 Å². The third-order valence-electron chi connectivity index (χ3n) is 9.04. The minimum absolute atomic E-state index is 0.0143. The number of hydrogen-bond donors (Lipinski definition) is 1. The Balaban J connectivity index is 1.69. The summed E-state index contributed by atoms with van der Waals surface area (Å²) in [6.07, 6.45) is 7.71. The number of alkyl halides is 1. The van der Waals surface area contributed by atoms with Crippen LogP contribution in [0.2, 0.25) is 0 Å². The molecule has 3 aliphatic rings. The summed E-state index contributed by atoms with van der Waals surface area (Å²) < 4.78 is 4.89. The van der Waals surface area contributed by atoms with Gasteiger partial charge in [-0.25, -0.2) is 0 Å². The first-order chi connectivity index (χ1) is 20.8. The highest BCUT2D eigenvalue weighted by atomic mass is 79.9. The second-order valence-electron chi connectivity index (χ2n) is 11.5. The number of amides is 2. The van der Waals surface area contributed by atoms with E-state index < -0.39 is 22.6 Å². The van der Waals surface area contributed by atoms with Crippen molar-refractivity contribution in [3.63, 3.8) is 0 Å². The van der Waals surface area contributed by atoms with Crippen LogP contribution in [0.5, 0.6) is 0 Å². The number of aliphatic hydroxyl groups excluding tert-OH is 1. The van der Waals surface area contributed by atoms with E-state index >= 15 is 0 Å². The van der Waals surface area contributed by atoms with Gasteiger partial charge in [0, 0.05) is 54.2 Å². The minimum Gasteiger partial charge on any atom is -0.465 e.